The van der Waals surface area contributed by atoms with Crippen LogP contribution in [-0.2, 0) is 26.7 Å². The van der Waals surface area contributed by atoms with E-state index in [0.29, 0.717) is 0 Å². The standard InChI is InChI=1S/C13H10Cl2O8S2.Na/c14-8-2-6(12(16)10(4-8)24(18,19)20)1-7-3-9(15)5-11(13(7)17)25(21,22)23;/h2-5,16-17H,1H2,(H,18,19,20)(H,21,22,23);/q;+1. The van der Waals surface area contributed by atoms with E-state index >= 15 is 0 Å². The van der Waals surface area contributed by atoms with E-state index < -0.39 is 47.9 Å². The Morgan fingerprint density at radius 1 is 0.731 bits per heavy atom. The van der Waals surface area contributed by atoms with Crippen LogP contribution in [0.15, 0.2) is 34.1 Å². The van der Waals surface area contributed by atoms with Crippen molar-refractivity contribution in [3.8, 4) is 11.5 Å². The van der Waals surface area contributed by atoms with Gasteiger partial charge in [0.15, 0.2) is 0 Å². The van der Waals surface area contributed by atoms with Crippen molar-refractivity contribution in [3.05, 3.63) is 45.4 Å². The summed E-state index contributed by atoms with van der Waals surface area (Å²) < 4.78 is 63.3. The molecule has 4 N–H and O–H groups in total. The van der Waals surface area contributed by atoms with Crippen LogP contribution >= 0.6 is 23.2 Å². The summed E-state index contributed by atoms with van der Waals surface area (Å²) in [5, 5.41) is 19.8. The largest absolute Gasteiger partial charge is 1.00 e. The molecule has 0 heterocycles. The SMILES string of the molecule is O=S(=O)(O)c1cc(Cl)cc(Cc2cc(Cl)cc(S(=O)(=O)O)c2O)c1O.[Na+]. The van der Waals surface area contributed by atoms with Crippen LogP contribution in [0, 0.1) is 0 Å². The molecule has 0 aliphatic carbocycles. The van der Waals surface area contributed by atoms with E-state index in [9.17, 15) is 27.0 Å². The summed E-state index contributed by atoms with van der Waals surface area (Å²) in [7, 11) is -9.56. The quantitative estimate of drug-likeness (QED) is 0.358. The van der Waals surface area contributed by atoms with Crippen LogP contribution in [0.25, 0.3) is 0 Å². The molecular formula is C13H10Cl2NaO8S2+. The number of phenols is 2. The normalized spacial score (nSPS) is 11.8. The monoisotopic (exact) mass is 451 g/mol. The van der Waals surface area contributed by atoms with Crippen molar-refractivity contribution in [2.75, 3.05) is 0 Å². The van der Waals surface area contributed by atoms with Crippen molar-refractivity contribution in [1.29, 1.82) is 0 Å². The molecule has 0 bridgehead atoms. The van der Waals surface area contributed by atoms with Crippen molar-refractivity contribution >= 4 is 43.4 Å². The Morgan fingerprint density at radius 3 is 1.31 bits per heavy atom. The Labute approximate surface area is 181 Å². The van der Waals surface area contributed by atoms with Gasteiger partial charge in [0.25, 0.3) is 20.2 Å². The predicted octanol–water partition coefficient (Wildman–Crippen LogP) is -0.507. The van der Waals surface area contributed by atoms with Gasteiger partial charge in [-0.1, -0.05) is 23.2 Å². The number of phenolic OH excluding ortho intramolecular Hbond substituents is 2. The van der Waals surface area contributed by atoms with Crippen molar-refractivity contribution in [3.63, 3.8) is 0 Å². The average Bonchev–Trinajstić information content (AvgIpc) is 2.43. The molecule has 0 fully saturated rings. The van der Waals surface area contributed by atoms with Crippen LogP contribution in [-0.4, -0.2) is 36.2 Å². The molecule has 136 valence electrons. The number of hydrogen-bond acceptors (Lipinski definition) is 6. The Morgan fingerprint density at radius 2 is 1.04 bits per heavy atom. The topological polar surface area (TPSA) is 149 Å². The molecule has 0 spiro atoms. The minimum atomic E-state index is -4.78. The summed E-state index contributed by atoms with van der Waals surface area (Å²) in [5.41, 5.74) is -0.280. The van der Waals surface area contributed by atoms with Gasteiger partial charge in [0.2, 0.25) is 0 Å². The van der Waals surface area contributed by atoms with Gasteiger partial charge in [-0.15, -0.1) is 0 Å². The van der Waals surface area contributed by atoms with Crippen molar-refractivity contribution < 1.29 is 65.7 Å². The summed E-state index contributed by atoms with van der Waals surface area (Å²) >= 11 is 11.5. The summed E-state index contributed by atoms with van der Waals surface area (Å²) in [6, 6.07) is 3.94. The summed E-state index contributed by atoms with van der Waals surface area (Å²) in [6.07, 6.45) is -0.399. The van der Waals surface area contributed by atoms with Crippen LogP contribution in [0.3, 0.4) is 0 Å². The van der Waals surface area contributed by atoms with Gasteiger partial charge < -0.3 is 10.2 Å². The zero-order valence-corrected chi connectivity index (χ0v) is 18.2. The number of rotatable bonds is 4. The van der Waals surface area contributed by atoms with Gasteiger partial charge >= 0.3 is 29.6 Å². The maximum Gasteiger partial charge on any atom is 1.00 e. The van der Waals surface area contributed by atoms with E-state index in [0.717, 1.165) is 24.3 Å². The molecule has 0 aliphatic rings. The Bertz CT molecular complexity index is 983. The minimum Gasteiger partial charge on any atom is -0.506 e. The zero-order chi connectivity index (χ0) is 19.2. The maximum atomic E-state index is 11.3. The maximum absolute atomic E-state index is 11.3. The summed E-state index contributed by atoms with van der Waals surface area (Å²) in [4.78, 5) is -1.71. The number of halogens is 2. The number of hydrogen-bond donors (Lipinski definition) is 4. The molecule has 0 aliphatic heterocycles. The second-order valence-corrected chi connectivity index (χ2v) is 8.60. The molecule has 26 heavy (non-hydrogen) atoms. The van der Waals surface area contributed by atoms with Gasteiger partial charge in [-0.05, 0) is 24.3 Å². The van der Waals surface area contributed by atoms with Gasteiger partial charge in [0.1, 0.15) is 21.3 Å². The molecule has 2 aromatic rings. The van der Waals surface area contributed by atoms with E-state index in [1.807, 2.05) is 0 Å². The fraction of sp³-hybridized carbons (Fsp3) is 0.0769. The number of aromatic hydroxyl groups is 2. The van der Waals surface area contributed by atoms with E-state index in [1.165, 1.54) is 0 Å². The van der Waals surface area contributed by atoms with Crippen molar-refractivity contribution in [2.45, 2.75) is 16.2 Å². The third-order valence-electron chi connectivity index (χ3n) is 3.17. The predicted molar refractivity (Wildman–Crippen MR) is 88.7 cm³/mol. The first-order chi connectivity index (χ1) is 11.3. The van der Waals surface area contributed by atoms with Gasteiger partial charge in [0, 0.05) is 27.6 Å². The second-order valence-electron chi connectivity index (χ2n) is 4.95. The molecule has 2 aromatic carbocycles. The molecule has 2 rings (SSSR count). The molecule has 0 aromatic heterocycles. The van der Waals surface area contributed by atoms with Crippen LogP contribution in [0.5, 0.6) is 11.5 Å². The van der Waals surface area contributed by atoms with Crippen LogP contribution in [0.4, 0.5) is 0 Å². The molecular weight excluding hydrogens is 442 g/mol. The fourth-order valence-corrected chi connectivity index (χ4v) is 4.04. The van der Waals surface area contributed by atoms with E-state index in [4.69, 9.17) is 32.3 Å². The van der Waals surface area contributed by atoms with Crippen LogP contribution in [0.2, 0.25) is 10.0 Å². The Balaban J connectivity index is 0.00000338. The van der Waals surface area contributed by atoms with Gasteiger partial charge in [0.05, 0.1) is 0 Å². The molecule has 0 saturated heterocycles. The van der Waals surface area contributed by atoms with E-state index in [1.54, 1.807) is 0 Å². The minimum absolute atomic E-state index is 0. The van der Waals surface area contributed by atoms with Crippen molar-refractivity contribution in [1.82, 2.24) is 0 Å². The second kappa shape index (κ2) is 8.21. The molecule has 0 saturated carbocycles. The van der Waals surface area contributed by atoms with E-state index in [2.05, 4.69) is 0 Å². The molecule has 8 nitrogen and oxygen atoms in total. The van der Waals surface area contributed by atoms with Crippen molar-refractivity contribution in [2.24, 2.45) is 0 Å². The summed E-state index contributed by atoms with van der Waals surface area (Å²) in [6.45, 7) is 0. The van der Waals surface area contributed by atoms with Gasteiger partial charge in [-0.2, -0.15) is 16.8 Å². The van der Waals surface area contributed by atoms with Crippen LogP contribution < -0.4 is 29.6 Å². The fourth-order valence-electron chi connectivity index (χ4n) is 2.12. The molecule has 13 heteroatoms. The van der Waals surface area contributed by atoms with E-state index in [-0.39, 0.29) is 50.7 Å². The third-order valence-corrected chi connectivity index (χ3v) is 5.34. The first-order valence-electron chi connectivity index (χ1n) is 6.28. The average molecular weight is 452 g/mol. The first kappa shape index (κ1) is 23.5. The molecule has 0 atom stereocenters. The number of benzene rings is 2. The Kier molecular flexibility index (Phi) is 7.41. The third kappa shape index (κ3) is 5.24. The van der Waals surface area contributed by atoms with Gasteiger partial charge in [-0.3, -0.25) is 9.11 Å². The van der Waals surface area contributed by atoms with Crippen LogP contribution in [0.1, 0.15) is 11.1 Å². The Hall–Kier alpha value is -0.560. The zero-order valence-electron chi connectivity index (χ0n) is 13.0. The molecule has 0 radical (unpaired) electrons. The summed E-state index contributed by atoms with van der Waals surface area (Å²) in [5.74, 6) is -1.67. The molecule has 0 amide bonds. The molecule has 0 unspecified atom stereocenters. The smallest absolute Gasteiger partial charge is 0.506 e. The van der Waals surface area contributed by atoms with Gasteiger partial charge in [-0.25, -0.2) is 0 Å². The first-order valence-corrected chi connectivity index (χ1v) is 9.92.